The SMILES string of the molecule is CN1CCCC(Nc2ccc(OC(F)F)c(F)c2)C1. The van der Waals surface area contributed by atoms with Gasteiger partial charge in [0.05, 0.1) is 0 Å². The zero-order valence-electron chi connectivity index (χ0n) is 10.7. The number of halogens is 3. The molecule has 1 aliphatic rings. The van der Waals surface area contributed by atoms with Gasteiger partial charge in [-0.15, -0.1) is 0 Å². The fraction of sp³-hybridized carbons (Fsp3) is 0.538. The number of nitrogens with zero attached hydrogens (tertiary/aromatic N) is 1. The molecule has 106 valence electrons. The molecule has 1 fully saturated rings. The van der Waals surface area contributed by atoms with E-state index in [0.29, 0.717) is 5.69 Å². The number of hydrogen-bond donors (Lipinski definition) is 1. The zero-order valence-corrected chi connectivity index (χ0v) is 10.7. The first kappa shape index (κ1) is 14.0. The molecule has 0 radical (unpaired) electrons. The summed E-state index contributed by atoms with van der Waals surface area (Å²) in [5.74, 6) is -1.21. The fourth-order valence-corrected chi connectivity index (χ4v) is 2.30. The van der Waals surface area contributed by atoms with E-state index in [9.17, 15) is 13.2 Å². The summed E-state index contributed by atoms with van der Waals surface area (Å²) in [4.78, 5) is 2.20. The third-order valence-corrected chi connectivity index (χ3v) is 3.14. The Morgan fingerprint density at radius 3 is 2.84 bits per heavy atom. The Morgan fingerprint density at radius 1 is 1.42 bits per heavy atom. The van der Waals surface area contributed by atoms with Crippen LogP contribution in [0.5, 0.6) is 5.75 Å². The molecule has 2 rings (SSSR count). The number of likely N-dealkylation sites (tertiary alicyclic amines) is 1. The fourth-order valence-electron chi connectivity index (χ4n) is 2.30. The Kier molecular flexibility index (Phi) is 4.52. The van der Waals surface area contributed by atoms with Crippen molar-refractivity contribution in [3.8, 4) is 5.75 Å². The van der Waals surface area contributed by atoms with E-state index in [1.807, 2.05) is 7.05 Å². The van der Waals surface area contributed by atoms with E-state index in [1.165, 1.54) is 12.1 Å². The minimum atomic E-state index is -3.01. The average Bonchev–Trinajstić information content (AvgIpc) is 2.32. The van der Waals surface area contributed by atoms with E-state index >= 15 is 0 Å². The number of rotatable bonds is 4. The first-order chi connectivity index (χ1) is 9.04. The molecular formula is C13H17F3N2O. The van der Waals surface area contributed by atoms with Gasteiger partial charge >= 0.3 is 6.61 Å². The van der Waals surface area contributed by atoms with Crippen LogP contribution in [-0.2, 0) is 0 Å². The Labute approximate surface area is 110 Å². The van der Waals surface area contributed by atoms with E-state index in [1.54, 1.807) is 6.07 Å². The predicted molar refractivity (Wildman–Crippen MR) is 67.2 cm³/mol. The molecule has 0 aromatic heterocycles. The van der Waals surface area contributed by atoms with Gasteiger partial charge in [0, 0.05) is 24.3 Å². The van der Waals surface area contributed by atoms with Gasteiger partial charge in [-0.2, -0.15) is 8.78 Å². The van der Waals surface area contributed by atoms with Gasteiger partial charge in [0.25, 0.3) is 0 Å². The second kappa shape index (κ2) is 6.14. The highest BCUT2D eigenvalue weighted by Gasteiger charge is 2.17. The van der Waals surface area contributed by atoms with Crippen molar-refractivity contribution in [3.63, 3.8) is 0 Å². The zero-order chi connectivity index (χ0) is 13.8. The molecule has 1 saturated heterocycles. The first-order valence-electron chi connectivity index (χ1n) is 6.24. The van der Waals surface area contributed by atoms with Crippen LogP contribution >= 0.6 is 0 Å². The highest BCUT2D eigenvalue weighted by atomic mass is 19.3. The van der Waals surface area contributed by atoms with Crippen molar-refractivity contribution in [1.29, 1.82) is 0 Å². The lowest BCUT2D eigenvalue weighted by Crippen LogP contribution is -2.39. The second-order valence-electron chi connectivity index (χ2n) is 4.77. The van der Waals surface area contributed by atoms with E-state index in [4.69, 9.17) is 0 Å². The molecule has 0 saturated carbocycles. The van der Waals surface area contributed by atoms with E-state index in [-0.39, 0.29) is 6.04 Å². The molecule has 0 spiro atoms. The van der Waals surface area contributed by atoms with Gasteiger partial charge in [0.1, 0.15) is 0 Å². The average molecular weight is 274 g/mol. The lowest BCUT2D eigenvalue weighted by molar-refractivity contribution is -0.0521. The van der Waals surface area contributed by atoms with Crippen LogP contribution in [0.2, 0.25) is 0 Å². The lowest BCUT2D eigenvalue weighted by Gasteiger charge is -2.30. The molecule has 1 heterocycles. The van der Waals surface area contributed by atoms with Crippen LogP contribution in [0, 0.1) is 5.82 Å². The lowest BCUT2D eigenvalue weighted by atomic mass is 10.1. The summed E-state index contributed by atoms with van der Waals surface area (Å²) in [6.07, 6.45) is 2.10. The Balaban J connectivity index is 1.99. The number of ether oxygens (including phenoxy) is 1. The summed E-state index contributed by atoms with van der Waals surface area (Å²) in [6.45, 7) is -1.06. The highest BCUT2D eigenvalue weighted by Crippen LogP contribution is 2.24. The van der Waals surface area contributed by atoms with Crippen molar-refractivity contribution in [1.82, 2.24) is 4.90 Å². The molecule has 1 aliphatic heterocycles. The normalized spacial score (nSPS) is 20.6. The topological polar surface area (TPSA) is 24.5 Å². The predicted octanol–water partition coefficient (Wildman–Crippen LogP) is 2.93. The van der Waals surface area contributed by atoms with Crippen LogP contribution in [0.15, 0.2) is 18.2 Å². The molecule has 3 nitrogen and oxygen atoms in total. The summed E-state index contributed by atoms with van der Waals surface area (Å²) >= 11 is 0. The van der Waals surface area contributed by atoms with Gasteiger partial charge in [-0.1, -0.05) is 0 Å². The van der Waals surface area contributed by atoms with Crippen LogP contribution in [0.1, 0.15) is 12.8 Å². The molecule has 0 aliphatic carbocycles. The molecule has 1 unspecified atom stereocenters. The van der Waals surface area contributed by atoms with Gasteiger partial charge in [0.2, 0.25) is 0 Å². The summed E-state index contributed by atoms with van der Waals surface area (Å²) < 4.78 is 41.6. The van der Waals surface area contributed by atoms with Crippen molar-refractivity contribution in [2.75, 3.05) is 25.5 Å². The molecule has 6 heteroatoms. The summed E-state index contributed by atoms with van der Waals surface area (Å²) in [7, 11) is 2.04. The highest BCUT2D eigenvalue weighted by molar-refractivity contribution is 5.48. The Morgan fingerprint density at radius 2 is 2.21 bits per heavy atom. The summed E-state index contributed by atoms with van der Waals surface area (Å²) in [5, 5.41) is 3.21. The van der Waals surface area contributed by atoms with Crippen molar-refractivity contribution < 1.29 is 17.9 Å². The van der Waals surface area contributed by atoms with Gasteiger partial charge in [-0.25, -0.2) is 4.39 Å². The molecule has 0 bridgehead atoms. The molecule has 1 atom stereocenters. The monoisotopic (exact) mass is 274 g/mol. The molecule has 1 aromatic rings. The maximum atomic E-state index is 13.5. The molecule has 0 amide bonds. The van der Waals surface area contributed by atoms with E-state index < -0.39 is 18.2 Å². The third-order valence-electron chi connectivity index (χ3n) is 3.14. The standard InChI is InChI=1S/C13H17F3N2O/c1-18-6-2-3-10(8-18)17-9-4-5-12(11(14)7-9)19-13(15)16/h4-5,7,10,13,17H,2-3,6,8H2,1H3. The number of benzene rings is 1. The summed E-state index contributed by atoms with van der Waals surface area (Å²) in [5.41, 5.74) is 0.583. The van der Waals surface area contributed by atoms with Crippen molar-refractivity contribution in [2.45, 2.75) is 25.5 Å². The number of piperidine rings is 1. The number of hydrogen-bond acceptors (Lipinski definition) is 3. The largest absolute Gasteiger partial charge is 0.432 e. The Bertz CT molecular complexity index is 428. The van der Waals surface area contributed by atoms with Crippen LogP contribution in [0.3, 0.4) is 0 Å². The summed E-state index contributed by atoms with van der Waals surface area (Å²) in [6, 6.07) is 4.21. The number of anilines is 1. The molecular weight excluding hydrogens is 257 g/mol. The number of alkyl halides is 2. The minimum Gasteiger partial charge on any atom is -0.432 e. The maximum Gasteiger partial charge on any atom is 0.387 e. The minimum absolute atomic E-state index is 0.250. The molecule has 1 aromatic carbocycles. The van der Waals surface area contributed by atoms with Crippen LogP contribution < -0.4 is 10.1 Å². The number of nitrogens with one attached hydrogen (secondary N) is 1. The third kappa shape index (κ3) is 4.02. The van der Waals surface area contributed by atoms with E-state index in [0.717, 1.165) is 25.9 Å². The second-order valence-corrected chi connectivity index (χ2v) is 4.77. The van der Waals surface area contributed by atoms with Gasteiger partial charge in [-0.05, 0) is 38.6 Å². The molecule has 19 heavy (non-hydrogen) atoms. The van der Waals surface area contributed by atoms with Gasteiger partial charge in [0.15, 0.2) is 11.6 Å². The van der Waals surface area contributed by atoms with Crippen LogP contribution in [0.25, 0.3) is 0 Å². The van der Waals surface area contributed by atoms with Crippen molar-refractivity contribution in [3.05, 3.63) is 24.0 Å². The van der Waals surface area contributed by atoms with Crippen molar-refractivity contribution >= 4 is 5.69 Å². The quantitative estimate of drug-likeness (QED) is 0.913. The Hall–Kier alpha value is -1.43. The van der Waals surface area contributed by atoms with E-state index in [2.05, 4.69) is 15.0 Å². The first-order valence-corrected chi connectivity index (χ1v) is 6.24. The van der Waals surface area contributed by atoms with Crippen molar-refractivity contribution in [2.24, 2.45) is 0 Å². The maximum absolute atomic E-state index is 13.5. The molecule has 1 N–H and O–H groups in total. The smallest absolute Gasteiger partial charge is 0.387 e. The van der Waals surface area contributed by atoms with Gasteiger partial charge in [-0.3, -0.25) is 0 Å². The van der Waals surface area contributed by atoms with Crippen LogP contribution in [-0.4, -0.2) is 37.7 Å². The van der Waals surface area contributed by atoms with Gasteiger partial charge < -0.3 is 15.0 Å². The number of likely N-dealkylation sites (N-methyl/N-ethyl adjacent to an activating group) is 1. The van der Waals surface area contributed by atoms with Crippen LogP contribution in [0.4, 0.5) is 18.9 Å².